The zero-order chi connectivity index (χ0) is 18.1. The molecule has 0 N–H and O–H groups in total. The topological polar surface area (TPSA) is 14.2 Å². The molecule has 0 spiro atoms. The van der Waals surface area contributed by atoms with Crippen molar-refractivity contribution in [3.05, 3.63) is 78.4 Å². The molecule has 2 nitrogen and oxygen atoms in total. The molecular formula is C25H25NO. The second-order valence-electron chi connectivity index (χ2n) is 7.56. The van der Waals surface area contributed by atoms with E-state index in [9.17, 15) is 0 Å². The molecule has 2 heterocycles. The fourth-order valence-electron chi connectivity index (χ4n) is 4.38. The van der Waals surface area contributed by atoms with Crippen LogP contribution in [0.3, 0.4) is 0 Å². The van der Waals surface area contributed by atoms with Crippen LogP contribution in [-0.2, 0) is 11.2 Å². The Hall–Kier alpha value is -2.58. The van der Waals surface area contributed by atoms with E-state index in [2.05, 4.69) is 77.4 Å². The highest BCUT2D eigenvalue weighted by Gasteiger charge is 2.14. The van der Waals surface area contributed by atoms with Gasteiger partial charge >= 0.3 is 0 Å². The van der Waals surface area contributed by atoms with Crippen molar-refractivity contribution in [3.63, 3.8) is 0 Å². The normalized spacial score (nSPS) is 17.6. The van der Waals surface area contributed by atoms with Gasteiger partial charge in [-0.1, -0.05) is 48.5 Å². The van der Waals surface area contributed by atoms with E-state index in [0.717, 1.165) is 19.4 Å². The Bertz CT molecular complexity index is 1000. The van der Waals surface area contributed by atoms with Gasteiger partial charge in [0.1, 0.15) is 0 Å². The van der Waals surface area contributed by atoms with Crippen molar-refractivity contribution in [2.45, 2.75) is 38.2 Å². The molecule has 136 valence electrons. The highest BCUT2D eigenvalue weighted by molar-refractivity contribution is 6.09. The lowest BCUT2D eigenvalue weighted by Gasteiger charge is -2.22. The molecule has 1 aliphatic rings. The Morgan fingerprint density at radius 2 is 1.44 bits per heavy atom. The maximum Gasteiger partial charge on any atom is 0.0578 e. The Morgan fingerprint density at radius 3 is 2.07 bits per heavy atom. The molecule has 2 heteroatoms. The third-order valence-corrected chi connectivity index (χ3v) is 5.80. The second-order valence-corrected chi connectivity index (χ2v) is 7.56. The van der Waals surface area contributed by atoms with Crippen molar-refractivity contribution in [1.82, 2.24) is 4.57 Å². The zero-order valence-corrected chi connectivity index (χ0v) is 15.6. The number of benzene rings is 3. The predicted molar refractivity (Wildman–Crippen MR) is 113 cm³/mol. The molecule has 0 saturated carbocycles. The summed E-state index contributed by atoms with van der Waals surface area (Å²) in [6.45, 7) is 0.942. The number of ether oxygens (including phenoxy) is 1. The van der Waals surface area contributed by atoms with Gasteiger partial charge in [-0.05, 0) is 61.9 Å². The summed E-state index contributed by atoms with van der Waals surface area (Å²) in [5, 5.41) is 2.62. The lowest BCUT2D eigenvalue weighted by molar-refractivity contribution is 0.0115. The molecular weight excluding hydrogens is 330 g/mol. The first-order valence-electron chi connectivity index (χ1n) is 10.1. The number of aromatic nitrogens is 1. The molecule has 0 bridgehead atoms. The number of aryl methyl sites for hydroxylation is 1. The molecule has 3 aromatic carbocycles. The van der Waals surface area contributed by atoms with Crippen LogP contribution in [0.5, 0.6) is 0 Å². The van der Waals surface area contributed by atoms with E-state index in [-0.39, 0.29) is 0 Å². The van der Waals surface area contributed by atoms with Gasteiger partial charge in [0.25, 0.3) is 0 Å². The Labute approximate surface area is 160 Å². The van der Waals surface area contributed by atoms with Crippen molar-refractivity contribution in [2.24, 2.45) is 0 Å². The van der Waals surface area contributed by atoms with Crippen LogP contribution in [0.1, 0.15) is 31.2 Å². The number of hydrogen-bond donors (Lipinski definition) is 0. The SMILES string of the molecule is c1ccc2c(c1)c1ccccc1n2-c1ccc(CC[C@H]2CCCCO2)cc1. The van der Waals surface area contributed by atoms with Crippen molar-refractivity contribution >= 4 is 21.8 Å². The molecule has 1 saturated heterocycles. The van der Waals surface area contributed by atoms with Gasteiger partial charge in [0.15, 0.2) is 0 Å². The minimum atomic E-state index is 0.454. The quantitative estimate of drug-likeness (QED) is 0.420. The third kappa shape index (κ3) is 3.15. The van der Waals surface area contributed by atoms with Crippen LogP contribution in [0.15, 0.2) is 72.8 Å². The lowest BCUT2D eigenvalue weighted by atomic mass is 10.0. The summed E-state index contributed by atoms with van der Waals surface area (Å²) in [6.07, 6.45) is 6.45. The smallest absolute Gasteiger partial charge is 0.0578 e. The first-order chi connectivity index (χ1) is 13.4. The summed E-state index contributed by atoms with van der Waals surface area (Å²) < 4.78 is 8.25. The Balaban J connectivity index is 1.46. The van der Waals surface area contributed by atoms with Crippen LogP contribution < -0.4 is 0 Å². The van der Waals surface area contributed by atoms with Crippen LogP contribution in [0.25, 0.3) is 27.5 Å². The minimum Gasteiger partial charge on any atom is -0.378 e. The Morgan fingerprint density at radius 1 is 0.778 bits per heavy atom. The van der Waals surface area contributed by atoms with Crippen LogP contribution in [0.4, 0.5) is 0 Å². The average molecular weight is 355 g/mol. The van der Waals surface area contributed by atoms with Crippen molar-refractivity contribution in [2.75, 3.05) is 6.61 Å². The van der Waals surface area contributed by atoms with Gasteiger partial charge in [-0.2, -0.15) is 0 Å². The minimum absolute atomic E-state index is 0.454. The summed E-state index contributed by atoms with van der Waals surface area (Å²) >= 11 is 0. The van der Waals surface area contributed by atoms with Gasteiger partial charge in [0.05, 0.1) is 17.1 Å². The van der Waals surface area contributed by atoms with Crippen molar-refractivity contribution < 1.29 is 4.74 Å². The monoisotopic (exact) mass is 355 g/mol. The fraction of sp³-hybridized carbons (Fsp3) is 0.280. The standard InChI is InChI=1S/C25H25NO/c1-3-10-24-22(8-1)23-9-2-4-11-25(23)26(24)20-15-12-19(13-16-20)14-17-21-7-5-6-18-27-21/h1-4,8-13,15-16,21H,5-7,14,17-18H2/t21-/m1/s1. The lowest BCUT2D eigenvalue weighted by Crippen LogP contribution is -2.19. The molecule has 0 radical (unpaired) electrons. The molecule has 27 heavy (non-hydrogen) atoms. The summed E-state index contributed by atoms with van der Waals surface area (Å²) in [5.74, 6) is 0. The summed E-state index contributed by atoms with van der Waals surface area (Å²) in [4.78, 5) is 0. The third-order valence-electron chi connectivity index (χ3n) is 5.80. The number of hydrogen-bond acceptors (Lipinski definition) is 1. The molecule has 1 fully saturated rings. The summed E-state index contributed by atoms with van der Waals surface area (Å²) in [6, 6.07) is 26.4. The highest BCUT2D eigenvalue weighted by atomic mass is 16.5. The number of nitrogens with zero attached hydrogens (tertiary/aromatic N) is 1. The van der Waals surface area contributed by atoms with Crippen molar-refractivity contribution in [1.29, 1.82) is 0 Å². The largest absolute Gasteiger partial charge is 0.378 e. The average Bonchev–Trinajstić information content (AvgIpc) is 3.08. The molecule has 0 unspecified atom stereocenters. The first-order valence-corrected chi connectivity index (χ1v) is 10.1. The fourth-order valence-corrected chi connectivity index (χ4v) is 4.38. The van der Waals surface area contributed by atoms with Gasteiger partial charge in [-0.25, -0.2) is 0 Å². The van der Waals surface area contributed by atoms with Gasteiger partial charge in [0, 0.05) is 23.1 Å². The number of fused-ring (bicyclic) bond motifs is 3. The van der Waals surface area contributed by atoms with Gasteiger partial charge in [0.2, 0.25) is 0 Å². The van der Waals surface area contributed by atoms with Crippen LogP contribution >= 0.6 is 0 Å². The van der Waals surface area contributed by atoms with Gasteiger partial charge < -0.3 is 9.30 Å². The second kappa shape index (κ2) is 7.21. The van der Waals surface area contributed by atoms with E-state index in [1.54, 1.807) is 0 Å². The molecule has 0 amide bonds. The van der Waals surface area contributed by atoms with E-state index in [1.807, 2.05) is 0 Å². The van der Waals surface area contributed by atoms with Gasteiger partial charge in [-0.3, -0.25) is 0 Å². The highest BCUT2D eigenvalue weighted by Crippen LogP contribution is 2.31. The molecule has 1 aliphatic heterocycles. The molecule has 0 aliphatic carbocycles. The van der Waals surface area contributed by atoms with Crippen LogP contribution in [0.2, 0.25) is 0 Å². The molecule has 1 aromatic heterocycles. The number of rotatable bonds is 4. The maximum atomic E-state index is 5.87. The molecule has 5 rings (SSSR count). The Kier molecular flexibility index (Phi) is 4.43. The van der Waals surface area contributed by atoms with Gasteiger partial charge in [-0.15, -0.1) is 0 Å². The predicted octanol–water partition coefficient (Wildman–Crippen LogP) is 6.29. The summed E-state index contributed by atoms with van der Waals surface area (Å²) in [5.41, 5.74) is 5.16. The molecule has 1 atom stereocenters. The van der Waals surface area contributed by atoms with E-state index in [4.69, 9.17) is 4.74 Å². The first kappa shape index (κ1) is 16.6. The van der Waals surface area contributed by atoms with E-state index in [0.29, 0.717) is 6.10 Å². The van der Waals surface area contributed by atoms with E-state index >= 15 is 0 Å². The van der Waals surface area contributed by atoms with Crippen LogP contribution in [-0.4, -0.2) is 17.3 Å². The van der Waals surface area contributed by atoms with E-state index in [1.165, 1.54) is 52.3 Å². The van der Waals surface area contributed by atoms with E-state index < -0.39 is 0 Å². The number of para-hydroxylation sites is 2. The van der Waals surface area contributed by atoms with Crippen LogP contribution in [0, 0.1) is 0 Å². The zero-order valence-electron chi connectivity index (χ0n) is 15.6. The van der Waals surface area contributed by atoms with Crippen molar-refractivity contribution in [3.8, 4) is 5.69 Å². The summed E-state index contributed by atoms with van der Waals surface area (Å²) in [7, 11) is 0. The maximum absolute atomic E-state index is 5.87. The molecule has 4 aromatic rings.